The van der Waals surface area contributed by atoms with E-state index < -0.39 is 0 Å². The highest BCUT2D eigenvalue weighted by atomic mass is 35.5. The Morgan fingerprint density at radius 2 is 2.10 bits per heavy atom. The lowest BCUT2D eigenvalue weighted by Gasteiger charge is -2.37. The molecule has 1 aromatic heterocycles. The molecule has 0 unspecified atom stereocenters. The van der Waals surface area contributed by atoms with Crippen molar-refractivity contribution in [2.24, 2.45) is 5.92 Å². The summed E-state index contributed by atoms with van der Waals surface area (Å²) in [4.78, 5) is 30.7. The molecule has 1 fully saturated rings. The minimum Gasteiger partial charge on any atom is -0.491 e. The van der Waals surface area contributed by atoms with Gasteiger partial charge in [-0.3, -0.25) is 9.59 Å². The summed E-state index contributed by atoms with van der Waals surface area (Å²) in [7, 11) is 0. The fraction of sp³-hybridized carbons (Fsp3) is 0.500. The lowest BCUT2D eigenvalue weighted by molar-refractivity contribution is -0.142. The molecule has 0 spiro atoms. The highest BCUT2D eigenvalue weighted by molar-refractivity contribution is 7.10. The number of halogens is 1. The number of carbonyl (C=O) groups excluding carboxylic acids is 2. The first-order valence-electron chi connectivity index (χ1n) is 11.0. The maximum Gasteiger partial charge on any atom is 0.242 e. The van der Waals surface area contributed by atoms with E-state index in [0.717, 1.165) is 36.1 Å². The third-order valence-electron chi connectivity index (χ3n) is 6.11. The number of nitrogens with zero attached hydrogens (tertiary/aromatic N) is 2. The number of thiophene rings is 1. The normalized spacial score (nSPS) is 17.9. The minimum atomic E-state index is -0.155. The van der Waals surface area contributed by atoms with Crippen LogP contribution < -0.4 is 4.74 Å². The average molecular weight is 461 g/mol. The van der Waals surface area contributed by atoms with E-state index >= 15 is 0 Å². The third kappa shape index (κ3) is 5.24. The van der Waals surface area contributed by atoms with Gasteiger partial charge in [-0.1, -0.05) is 18.5 Å². The molecule has 166 valence electrons. The number of carbonyl (C=O) groups is 2. The zero-order chi connectivity index (χ0) is 22.0. The zero-order valence-electron chi connectivity index (χ0n) is 18.1. The van der Waals surface area contributed by atoms with Crippen molar-refractivity contribution < 1.29 is 14.3 Å². The lowest BCUT2D eigenvalue weighted by atomic mass is 10.0. The van der Waals surface area contributed by atoms with Gasteiger partial charge < -0.3 is 14.5 Å². The fourth-order valence-corrected chi connectivity index (χ4v) is 5.15. The van der Waals surface area contributed by atoms with Gasteiger partial charge in [0.2, 0.25) is 11.8 Å². The highest BCUT2D eigenvalue weighted by Crippen LogP contribution is 2.35. The van der Waals surface area contributed by atoms with Crippen molar-refractivity contribution >= 4 is 34.8 Å². The average Bonchev–Trinajstić information content (AvgIpc) is 3.45. The molecule has 5 nitrogen and oxygen atoms in total. The van der Waals surface area contributed by atoms with E-state index in [1.165, 1.54) is 4.88 Å². The van der Waals surface area contributed by atoms with Gasteiger partial charge >= 0.3 is 0 Å². The van der Waals surface area contributed by atoms with Crippen LogP contribution in [0, 0.1) is 12.8 Å². The van der Waals surface area contributed by atoms with Crippen LogP contribution in [0.4, 0.5) is 0 Å². The van der Waals surface area contributed by atoms with E-state index in [0.29, 0.717) is 37.1 Å². The van der Waals surface area contributed by atoms with Gasteiger partial charge in [0.05, 0.1) is 12.6 Å². The van der Waals surface area contributed by atoms with Gasteiger partial charge in [0.25, 0.3) is 0 Å². The Labute approximate surface area is 192 Å². The molecule has 0 radical (unpaired) electrons. The summed E-state index contributed by atoms with van der Waals surface area (Å²) in [5.74, 6) is 1.35. The Morgan fingerprint density at radius 1 is 1.29 bits per heavy atom. The summed E-state index contributed by atoms with van der Waals surface area (Å²) >= 11 is 7.87. The summed E-state index contributed by atoms with van der Waals surface area (Å²) in [5, 5.41) is 2.79. The van der Waals surface area contributed by atoms with Gasteiger partial charge in [-0.2, -0.15) is 0 Å². The van der Waals surface area contributed by atoms with E-state index in [-0.39, 0.29) is 24.4 Å². The predicted octanol–water partition coefficient (Wildman–Crippen LogP) is 4.86. The predicted molar refractivity (Wildman–Crippen MR) is 124 cm³/mol. The molecule has 7 heteroatoms. The van der Waals surface area contributed by atoms with Crippen molar-refractivity contribution in [1.29, 1.82) is 0 Å². The molecular formula is C24H29ClN2O3S. The van der Waals surface area contributed by atoms with Crippen LogP contribution in [0.15, 0.2) is 29.6 Å². The quantitative estimate of drug-likeness (QED) is 0.565. The Kier molecular flexibility index (Phi) is 6.87. The van der Waals surface area contributed by atoms with Crippen LogP contribution in [0.3, 0.4) is 0 Å². The molecule has 1 aliphatic heterocycles. The number of hydrogen-bond acceptors (Lipinski definition) is 4. The molecule has 0 saturated heterocycles. The molecule has 1 aromatic carbocycles. The van der Waals surface area contributed by atoms with Gasteiger partial charge in [0, 0.05) is 29.4 Å². The Bertz CT molecular complexity index is 956. The maximum atomic E-state index is 13.3. The van der Waals surface area contributed by atoms with Crippen LogP contribution in [0.1, 0.15) is 48.2 Å². The van der Waals surface area contributed by atoms with E-state index in [4.69, 9.17) is 16.3 Å². The summed E-state index contributed by atoms with van der Waals surface area (Å²) in [6, 6.07) is 7.55. The van der Waals surface area contributed by atoms with Gasteiger partial charge in [0.1, 0.15) is 12.4 Å². The molecule has 1 saturated carbocycles. The molecule has 1 aliphatic carbocycles. The fourth-order valence-electron chi connectivity index (χ4n) is 4.10. The monoisotopic (exact) mass is 460 g/mol. The van der Waals surface area contributed by atoms with Gasteiger partial charge in [-0.05, 0) is 72.9 Å². The number of benzene rings is 1. The summed E-state index contributed by atoms with van der Waals surface area (Å²) in [6.45, 7) is 5.68. The second kappa shape index (κ2) is 9.61. The highest BCUT2D eigenvalue weighted by Gasteiger charge is 2.34. The molecule has 1 atom stereocenters. The molecule has 0 bridgehead atoms. The minimum absolute atomic E-state index is 0.000173. The summed E-state index contributed by atoms with van der Waals surface area (Å²) in [6.07, 6.45) is 3.58. The van der Waals surface area contributed by atoms with Crippen molar-refractivity contribution in [1.82, 2.24) is 9.80 Å². The number of rotatable bonds is 8. The molecule has 31 heavy (non-hydrogen) atoms. The van der Waals surface area contributed by atoms with Gasteiger partial charge in [-0.25, -0.2) is 0 Å². The molecule has 0 N–H and O–H groups in total. The van der Waals surface area contributed by atoms with E-state index in [1.807, 2.05) is 36.9 Å². The van der Waals surface area contributed by atoms with Crippen LogP contribution in [-0.4, -0.2) is 47.9 Å². The van der Waals surface area contributed by atoms with Crippen molar-refractivity contribution in [3.8, 4) is 5.75 Å². The molecular weight excluding hydrogens is 432 g/mol. The Morgan fingerprint density at radius 3 is 2.81 bits per heavy atom. The van der Waals surface area contributed by atoms with Crippen LogP contribution in [-0.2, 0) is 16.0 Å². The number of amides is 2. The standard InChI is InChI=1S/C24H29ClN2O3S/c1-3-23(28)26(13-17-4-5-17)14-24(29)27-10-8-22-19(9-11-31-22)21(27)15-30-18-6-7-20(25)16(2)12-18/h6-7,9,11-12,17,21H,3-5,8,10,13-15H2,1-2H3/t21-/m0/s1. The SMILES string of the molecule is CCC(=O)N(CC(=O)N1CCc2sccc2[C@@H]1COc1ccc(Cl)c(C)c1)CC1CC1. The number of fused-ring (bicyclic) bond motifs is 1. The second-order valence-electron chi connectivity index (χ2n) is 8.45. The topological polar surface area (TPSA) is 49.9 Å². The van der Waals surface area contributed by atoms with Crippen LogP contribution >= 0.6 is 22.9 Å². The van der Waals surface area contributed by atoms with Gasteiger partial charge in [0.15, 0.2) is 0 Å². The molecule has 4 rings (SSSR count). The first kappa shape index (κ1) is 22.2. The van der Waals surface area contributed by atoms with Crippen molar-refractivity contribution in [3.63, 3.8) is 0 Å². The maximum absolute atomic E-state index is 13.3. The van der Waals surface area contributed by atoms with E-state index in [2.05, 4.69) is 11.4 Å². The van der Waals surface area contributed by atoms with Crippen molar-refractivity contribution in [2.45, 2.75) is 45.6 Å². The smallest absolute Gasteiger partial charge is 0.242 e. The molecule has 2 heterocycles. The first-order valence-corrected chi connectivity index (χ1v) is 12.2. The third-order valence-corrected chi connectivity index (χ3v) is 7.53. The largest absolute Gasteiger partial charge is 0.491 e. The number of ether oxygens (including phenoxy) is 1. The Hall–Kier alpha value is -2.05. The zero-order valence-corrected chi connectivity index (χ0v) is 19.7. The van der Waals surface area contributed by atoms with Crippen molar-refractivity contribution in [2.75, 3.05) is 26.2 Å². The summed E-state index contributed by atoms with van der Waals surface area (Å²) in [5.41, 5.74) is 2.12. The lowest BCUT2D eigenvalue weighted by Crippen LogP contribution is -2.48. The first-order chi connectivity index (χ1) is 15.0. The van der Waals surface area contributed by atoms with Crippen LogP contribution in [0.5, 0.6) is 5.75 Å². The molecule has 2 aliphatic rings. The van der Waals surface area contributed by atoms with Crippen molar-refractivity contribution in [3.05, 3.63) is 50.7 Å². The Balaban J connectivity index is 1.49. The second-order valence-corrected chi connectivity index (χ2v) is 9.85. The molecule has 2 amide bonds. The summed E-state index contributed by atoms with van der Waals surface area (Å²) < 4.78 is 6.11. The van der Waals surface area contributed by atoms with Crippen LogP contribution in [0.25, 0.3) is 0 Å². The number of aryl methyl sites for hydroxylation is 1. The number of hydrogen-bond donors (Lipinski definition) is 0. The molecule has 2 aromatic rings. The van der Waals surface area contributed by atoms with E-state index in [1.54, 1.807) is 16.2 Å². The van der Waals surface area contributed by atoms with Gasteiger partial charge in [-0.15, -0.1) is 11.3 Å². The van der Waals surface area contributed by atoms with E-state index in [9.17, 15) is 9.59 Å². The van der Waals surface area contributed by atoms with Crippen LogP contribution in [0.2, 0.25) is 5.02 Å².